The van der Waals surface area contributed by atoms with Gasteiger partial charge in [0.15, 0.2) is 6.10 Å². The molecule has 1 aliphatic heterocycles. The number of carbonyl (C=O) groups excluding carboxylic acids is 1. The highest BCUT2D eigenvalue weighted by molar-refractivity contribution is 9.10. The van der Waals surface area contributed by atoms with Crippen LogP contribution in [0.5, 0.6) is 0 Å². The van der Waals surface area contributed by atoms with Crippen LogP contribution in [0, 0.1) is 0 Å². The van der Waals surface area contributed by atoms with Crippen molar-refractivity contribution in [3.63, 3.8) is 0 Å². The molecule has 1 heterocycles. The highest BCUT2D eigenvalue weighted by atomic mass is 79.9. The van der Waals surface area contributed by atoms with E-state index in [1.54, 1.807) is 0 Å². The molecule has 74 valence electrons. The molecule has 0 saturated carbocycles. The first kappa shape index (κ1) is 9.68. The van der Waals surface area contributed by atoms with Crippen LogP contribution in [0.4, 0.5) is 0 Å². The van der Waals surface area contributed by atoms with Crippen molar-refractivity contribution >= 4 is 21.9 Å². The van der Waals surface area contributed by atoms with Gasteiger partial charge in [-0.05, 0) is 17.7 Å². The lowest BCUT2D eigenvalue weighted by atomic mass is 10.1. The first-order valence-corrected chi connectivity index (χ1v) is 5.00. The Bertz CT molecular complexity index is 347. The predicted octanol–water partition coefficient (Wildman–Crippen LogP) is 2.06. The number of hydrogen-bond acceptors (Lipinski definition) is 3. The molecule has 0 aromatic heterocycles. The molecule has 4 heteroatoms. The molecule has 0 bridgehead atoms. The van der Waals surface area contributed by atoms with Gasteiger partial charge in [-0.25, -0.2) is 4.79 Å². The number of epoxide rings is 1. The van der Waals surface area contributed by atoms with Crippen LogP contribution in [0.3, 0.4) is 0 Å². The van der Waals surface area contributed by atoms with E-state index < -0.39 is 6.10 Å². The molecule has 0 spiro atoms. The van der Waals surface area contributed by atoms with E-state index in [1.165, 1.54) is 7.11 Å². The van der Waals surface area contributed by atoms with Crippen LogP contribution in [0.2, 0.25) is 0 Å². The lowest BCUT2D eigenvalue weighted by Gasteiger charge is -1.95. The summed E-state index contributed by atoms with van der Waals surface area (Å²) in [4.78, 5) is 11.1. The predicted molar refractivity (Wildman–Crippen MR) is 53.8 cm³/mol. The third kappa shape index (κ3) is 1.81. The van der Waals surface area contributed by atoms with Crippen molar-refractivity contribution in [3.05, 3.63) is 34.3 Å². The Morgan fingerprint density at radius 2 is 2.07 bits per heavy atom. The van der Waals surface area contributed by atoms with Crippen LogP contribution in [0.15, 0.2) is 28.7 Å². The van der Waals surface area contributed by atoms with Crippen molar-refractivity contribution in [2.24, 2.45) is 0 Å². The van der Waals surface area contributed by atoms with Crippen molar-refractivity contribution in [2.45, 2.75) is 12.2 Å². The number of benzene rings is 1. The minimum Gasteiger partial charge on any atom is -0.467 e. The highest BCUT2D eigenvalue weighted by Gasteiger charge is 2.47. The van der Waals surface area contributed by atoms with Crippen LogP contribution < -0.4 is 0 Å². The average Bonchev–Trinajstić information content (AvgIpc) is 2.98. The lowest BCUT2D eigenvalue weighted by molar-refractivity contribution is -0.142. The maximum absolute atomic E-state index is 11.1. The second-order valence-electron chi connectivity index (χ2n) is 3.05. The standard InChI is InChI=1S/C10H9BrO3/c1-13-10(12)9-8(14-9)6-2-4-7(11)5-3-6/h2-5,8-9H,1H3/t8-,9+/m1/s1. The molecule has 0 radical (unpaired) electrons. The molecule has 3 nitrogen and oxygen atoms in total. The van der Waals surface area contributed by atoms with E-state index in [4.69, 9.17) is 4.74 Å². The number of carbonyl (C=O) groups is 1. The minimum atomic E-state index is -0.416. The van der Waals surface area contributed by atoms with Crippen LogP contribution in [-0.4, -0.2) is 19.2 Å². The zero-order chi connectivity index (χ0) is 10.1. The lowest BCUT2D eigenvalue weighted by Crippen LogP contribution is -2.09. The second-order valence-corrected chi connectivity index (χ2v) is 3.97. The molecule has 0 unspecified atom stereocenters. The van der Waals surface area contributed by atoms with Gasteiger partial charge in [0, 0.05) is 4.47 Å². The Labute approximate surface area is 90.1 Å². The van der Waals surface area contributed by atoms with Crippen molar-refractivity contribution in [1.29, 1.82) is 0 Å². The van der Waals surface area contributed by atoms with Crippen LogP contribution in [-0.2, 0) is 14.3 Å². The monoisotopic (exact) mass is 256 g/mol. The molecule has 1 aromatic carbocycles. The molecule has 1 saturated heterocycles. The van der Waals surface area contributed by atoms with Crippen molar-refractivity contribution < 1.29 is 14.3 Å². The summed E-state index contributed by atoms with van der Waals surface area (Å²) >= 11 is 3.34. The fraction of sp³-hybridized carbons (Fsp3) is 0.300. The molecular formula is C10H9BrO3. The summed E-state index contributed by atoms with van der Waals surface area (Å²) in [5.74, 6) is -0.307. The van der Waals surface area contributed by atoms with Gasteiger partial charge in [-0.1, -0.05) is 28.1 Å². The first-order chi connectivity index (χ1) is 6.72. The maximum Gasteiger partial charge on any atom is 0.338 e. The van der Waals surface area contributed by atoms with E-state index in [2.05, 4.69) is 20.7 Å². The molecular weight excluding hydrogens is 248 g/mol. The van der Waals surface area contributed by atoms with E-state index in [1.807, 2.05) is 24.3 Å². The van der Waals surface area contributed by atoms with Crippen LogP contribution in [0.1, 0.15) is 11.7 Å². The average molecular weight is 257 g/mol. The quantitative estimate of drug-likeness (QED) is 0.601. The van der Waals surface area contributed by atoms with Gasteiger partial charge in [0.1, 0.15) is 6.10 Å². The number of halogens is 1. The zero-order valence-electron chi connectivity index (χ0n) is 7.57. The molecule has 1 fully saturated rings. The normalized spacial score (nSPS) is 24.4. The van der Waals surface area contributed by atoms with Gasteiger partial charge in [-0.2, -0.15) is 0 Å². The van der Waals surface area contributed by atoms with Crippen molar-refractivity contribution in [1.82, 2.24) is 0 Å². The maximum atomic E-state index is 11.1. The van der Waals surface area contributed by atoms with E-state index in [0.717, 1.165) is 10.0 Å². The third-order valence-corrected chi connectivity index (χ3v) is 2.65. The highest BCUT2D eigenvalue weighted by Crippen LogP contribution is 2.39. The summed E-state index contributed by atoms with van der Waals surface area (Å²) in [6.07, 6.45) is -0.545. The molecule has 0 N–H and O–H groups in total. The van der Waals surface area contributed by atoms with Gasteiger partial charge >= 0.3 is 5.97 Å². The molecule has 0 amide bonds. The molecule has 2 rings (SSSR count). The third-order valence-electron chi connectivity index (χ3n) is 2.12. The number of ether oxygens (including phenoxy) is 2. The van der Waals surface area contributed by atoms with Crippen LogP contribution in [0.25, 0.3) is 0 Å². The second kappa shape index (κ2) is 3.71. The number of hydrogen-bond donors (Lipinski definition) is 0. The van der Waals surface area contributed by atoms with Gasteiger partial charge in [-0.15, -0.1) is 0 Å². The van der Waals surface area contributed by atoms with E-state index >= 15 is 0 Å². The SMILES string of the molecule is COC(=O)[C@H]1O[C@@H]1c1ccc(Br)cc1. The largest absolute Gasteiger partial charge is 0.467 e. The molecule has 0 aliphatic carbocycles. The van der Waals surface area contributed by atoms with E-state index in [0.29, 0.717) is 0 Å². The minimum absolute atomic E-state index is 0.129. The summed E-state index contributed by atoms with van der Waals surface area (Å²) < 4.78 is 10.8. The van der Waals surface area contributed by atoms with Gasteiger partial charge < -0.3 is 9.47 Å². The van der Waals surface area contributed by atoms with Crippen molar-refractivity contribution in [3.8, 4) is 0 Å². The van der Waals surface area contributed by atoms with Gasteiger partial charge in [0.25, 0.3) is 0 Å². The van der Waals surface area contributed by atoms with E-state index in [9.17, 15) is 4.79 Å². The van der Waals surface area contributed by atoms with Gasteiger partial charge in [-0.3, -0.25) is 0 Å². The summed E-state index contributed by atoms with van der Waals surface area (Å²) in [7, 11) is 1.36. The Morgan fingerprint density at radius 1 is 1.43 bits per heavy atom. The number of esters is 1. The zero-order valence-corrected chi connectivity index (χ0v) is 9.15. The van der Waals surface area contributed by atoms with Crippen LogP contribution >= 0.6 is 15.9 Å². The summed E-state index contributed by atoms with van der Waals surface area (Å²) in [5, 5.41) is 0. The Hall–Kier alpha value is -0.870. The Kier molecular flexibility index (Phi) is 2.56. The van der Waals surface area contributed by atoms with E-state index in [-0.39, 0.29) is 12.1 Å². The Balaban J connectivity index is 2.06. The fourth-order valence-electron chi connectivity index (χ4n) is 1.31. The fourth-order valence-corrected chi connectivity index (χ4v) is 1.58. The number of methoxy groups -OCH3 is 1. The molecule has 1 aliphatic rings. The molecule has 14 heavy (non-hydrogen) atoms. The molecule has 1 aromatic rings. The van der Waals surface area contributed by atoms with Crippen molar-refractivity contribution in [2.75, 3.05) is 7.11 Å². The molecule has 2 atom stereocenters. The summed E-state index contributed by atoms with van der Waals surface area (Å²) in [6, 6.07) is 7.70. The summed E-state index contributed by atoms with van der Waals surface area (Å²) in [6.45, 7) is 0. The Morgan fingerprint density at radius 3 is 2.64 bits per heavy atom. The first-order valence-electron chi connectivity index (χ1n) is 4.21. The topological polar surface area (TPSA) is 38.8 Å². The smallest absolute Gasteiger partial charge is 0.338 e. The number of rotatable bonds is 2. The van der Waals surface area contributed by atoms with Gasteiger partial charge in [0.05, 0.1) is 7.11 Å². The van der Waals surface area contributed by atoms with Gasteiger partial charge in [0.2, 0.25) is 0 Å². The summed E-state index contributed by atoms with van der Waals surface area (Å²) in [5.41, 5.74) is 1.00.